The molecule has 184 valence electrons. The van der Waals surface area contributed by atoms with E-state index in [4.69, 9.17) is 27.9 Å². The van der Waals surface area contributed by atoms with E-state index in [2.05, 4.69) is 25.5 Å². The smallest absolute Gasteiger partial charge is 0.422 e. The van der Waals surface area contributed by atoms with E-state index in [1.165, 1.54) is 6.21 Å². The van der Waals surface area contributed by atoms with Gasteiger partial charge in [0.05, 0.1) is 11.2 Å². The number of anilines is 4. The molecule has 0 saturated carbocycles. The molecule has 4 rings (SSSR count). The van der Waals surface area contributed by atoms with Gasteiger partial charge < -0.3 is 4.74 Å². The number of alkyl halides is 3. The molecule has 4 aromatic rings. The van der Waals surface area contributed by atoms with Crippen LogP contribution in [0.2, 0.25) is 10.0 Å². The molecule has 0 aliphatic heterocycles. The number of hydrazone groups is 1. The highest BCUT2D eigenvalue weighted by molar-refractivity contribution is 6.36. The van der Waals surface area contributed by atoms with Gasteiger partial charge >= 0.3 is 12.2 Å². The first-order valence-corrected chi connectivity index (χ1v) is 11.1. The maximum Gasteiger partial charge on any atom is 0.422 e. The first-order chi connectivity index (χ1) is 17.3. The number of aromatic nitrogens is 3. The molecule has 1 N–H and O–H groups in total. The molecule has 36 heavy (non-hydrogen) atoms. The van der Waals surface area contributed by atoms with Gasteiger partial charge in [-0.15, -0.1) is 0 Å². The second-order valence-corrected chi connectivity index (χ2v) is 8.03. The summed E-state index contributed by atoms with van der Waals surface area (Å²) < 4.78 is 43.3. The highest BCUT2D eigenvalue weighted by Gasteiger charge is 2.29. The van der Waals surface area contributed by atoms with Crippen molar-refractivity contribution < 1.29 is 17.9 Å². The molecule has 1 heterocycles. The number of rotatable bonds is 8. The fourth-order valence-electron chi connectivity index (χ4n) is 3.01. The Morgan fingerprint density at radius 2 is 1.53 bits per heavy atom. The molecule has 7 nitrogen and oxygen atoms in total. The normalized spacial score (nSPS) is 11.5. The van der Waals surface area contributed by atoms with Gasteiger partial charge in [0.15, 0.2) is 6.61 Å². The van der Waals surface area contributed by atoms with Gasteiger partial charge in [-0.1, -0.05) is 65.7 Å². The summed E-state index contributed by atoms with van der Waals surface area (Å²) in [7, 11) is 0. The highest BCUT2D eigenvalue weighted by atomic mass is 35.5. The molecule has 0 radical (unpaired) electrons. The summed E-state index contributed by atoms with van der Waals surface area (Å²) in [6.45, 7) is -1.57. The van der Waals surface area contributed by atoms with E-state index in [9.17, 15) is 13.2 Å². The van der Waals surface area contributed by atoms with Crippen LogP contribution in [-0.2, 0) is 0 Å². The van der Waals surface area contributed by atoms with Crippen LogP contribution in [0.5, 0.6) is 6.01 Å². The van der Waals surface area contributed by atoms with Gasteiger partial charge in [-0.25, -0.2) is 5.43 Å². The van der Waals surface area contributed by atoms with Crippen molar-refractivity contribution in [1.29, 1.82) is 0 Å². The van der Waals surface area contributed by atoms with Crippen molar-refractivity contribution >= 4 is 52.7 Å². The lowest BCUT2D eigenvalue weighted by Crippen LogP contribution is -2.21. The maximum absolute atomic E-state index is 12.8. The van der Waals surface area contributed by atoms with Crippen LogP contribution >= 0.6 is 23.2 Å². The minimum atomic E-state index is -4.58. The lowest BCUT2D eigenvalue weighted by atomic mass is 10.2. The molecular formula is C24H17Cl2F3N6O. The van der Waals surface area contributed by atoms with Gasteiger partial charge in [0.25, 0.3) is 5.95 Å². The molecule has 0 bridgehead atoms. The zero-order chi connectivity index (χ0) is 25.5. The van der Waals surface area contributed by atoms with Crippen molar-refractivity contribution in [2.75, 3.05) is 16.9 Å². The Bertz CT molecular complexity index is 1300. The van der Waals surface area contributed by atoms with Gasteiger partial charge in [-0.2, -0.15) is 33.2 Å². The van der Waals surface area contributed by atoms with Crippen LogP contribution in [0.25, 0.3) is 0 Å². The molecule has 3 aromatic carbocycles. The molecule has 0 unspecified atom stereocenters. The van der Waals surface area contributed by atoms with E-state index in [1.54, 1.807) is 47.4 Å². The predicted molar refractivity (Wildman–Crippen MR) is 134 cm³/mol. The van der Waals surface area contributed by atoms with E-state index in [-0.39, 0.29) is 11.9 Å². The second-order valence-electron chi connectivity index (χ2n) is 7.19. The molecule has 1 aromatic heterocycles. The lowest BCUT2D eigenvalue weighted by Gasteiger charge is -2.23. The van der Waals surface area contributed by atoms with Gasteiger partial charge in [0, 0.05) is 22.0 Å². The van der Waals surface area contributed by atoms with E-state index < -0.39 is 18.8 Å². The molecule has 0 saturated heterocycles. The second kappa shape index (κ2) is 11.2. The van der Waals surface area contributed by atoms with Crippen LogP contribution in [0.1, 0.15) is 5.56 Å². The Morgan fingerprint density at radius 3 is 2.11 bits per heavy atom. The van der Waals surface area contributed by atoms with Crippen molar-refractivity contribution in [3.05, 3.63) is 94.5 Å². The van der Waals surface area contributed by atoms with Crippen LogP contribution in [-0.4, -0.2) is 33.9 Å². The van der Waals surface area contributed by atoms with E-state index in [1.807, 2.05) is 36.4 Å². The molecule has 12 heteroatoms. The molecule has 0 amide bonds. The van der Waals surface area contributed by atoms with Crippen molar-refractivity contribution in [1.82, 2.24) is 15.0 Å². The van der Waals surface area contributed by atoms with Crippen LogP contribution in [0.4, 0.5) is 36.4 Å². The largest absolute Gasteiger partial charge is 0.454 e. The molecule has 0 aliphatic carbocycles. The number of benzene rings is 3. The first-order valence-electron chi connectivity index (χ1n) is 10.4. The number of hydrogen-bond donors (Lipinski definition) is 1. The van der Waals surface area contributed by atoms with E-state index in [0.717, 1.165) is 0 Å². The Labute approximate surface area is 214 Å². The summed E-state index contributed by atoms with van der Waals surface area (Å²) in [6.07, 6.45) is -3.19. The summed E-state index contributed by atoms with van der Waals surface area (Å²) >= 11 is 12.0. The summed E-state index contributed by atoms with van der Waals surface area (Å²) in [5, 5.41) is 4.86. The molecule has 0 atom stereocenters. The van der Waals surface area contributed by atoms with Crippen molar-refractivity contribution in [2.45, 2.75) is 6.18 Å². The van der Waals surface area contributed by atoms with Crippen LogP contribution < -0.4 is 15.1 Å². The number of hydrogen-bond acceptors (Lipinski definition) is 7. The summed E-state index contributed by atoms with van der Waals surface area (Å²) in [5.74, 6) is -0.128. The number of nitrogens with one attached hydrogen (secondary N) is 1. The minimum Gasteiger partial charge on any atom is -0.454 e. The Kier molecular flexibility index (Phi) is 7.87. The SMILES string of the molecule is FC(F)(F)COc1nc(N/N=C\c2ccc(Cl)cc2Cl)nc(N(c2ccccc2)c2ccccc2)n1. The minimum absolute atomic E-state index is 0.0156. The Hall–Kier alpha value is -3.89. The molecular weight excluding hydrogens is 516 g/mol. The number of nitrogens with zero attached hydrogens (tertiary/aromatic N) is 5. The highest BCUT2D eigenvalue weighted by Crippen LogP contribution is 2.33. The first kappa shape index (κ1) is 25.2. The van der Waals surface area contributed by atoms with Crippen LogP contribution in [0, 0.1) is 0 Å². The zero-order valence-electron chi connectivity index (χ0n) is 18.3. The van der Waals surface area contributed by atoms with Crippen LogP contribution in [0.3, 0.4) is 0 Å². The molecule has 0 fully saturated rings. The number of halogens is 5. The third-order valence-electron chi connectivity index (χ3n) is 4.53. The summed E-state index contributed by atoms with van der Waals surface area (Å²) in [6, 6.07) is 22.4. The average Bonchev–Trinajstić information content (AvgIpc) is 2.85. The average molecular weight is 533 g/mol. The van der Waals surface area contributed by atoms with Gasteiger partial charge in [-0.3, -0.25) is 4.90 Å². The van der Waals surface area contributed by atoms with Gasteiger partial charge in [0.1, 0.15) is 0 Å². The Morgan fingerprint density at radius 1 is 0.889 bits per heavy atom. The maximum atomic E-state index is 12.8. The molecule has 0 aliphatic rings. The van der Waals surface area contributed by atoms with Crippen molar-refractivity contribution in [3.8, 4) is 6.01 Å². The summed E-state index contributed by atoms with van der Waals surface area (Å²) in [4.78, 5) is 14.1. The number of para-hydroxylation sites is 2. The fourth-order valence-corrected chi connectivity index (χ4v) is 3.46. The van der Waals surface area contributed by atoms with Crippen molar-refractivity contribution in [2.24, 2.45) is 5.10 Å². The third kappa shape index (κ3) is 6.83. The van der Waals surface area contributed by atoms with Crippen molar-refractivity contribution in [3.63, 3.8) is 0 Å². The Balaban J connectivity index is 1.72. The van der Waals surface area contributed by atoms with Gasteiger partial charge in [-0.05, 0) is 36.4 Å². The third-order valence-corrected chi connectivity index (χ3v) is 5.09. The topological polar surface area (TPSA) is 75.5 Å². The lowest BCUT2D eigenvalue weighted by molar-refractivity contribution is -0.154. The molecule has 0 spiro atoms. The quantitative estimate of drug-likeness (QED) is 0.194. The zero-order valence-corrected chi connectivity index (χ0v) is 19.8. The van der Waals surface area contributed by atoms with E-state index in [0.29, 0.717) is 27.0 Å². The van der Waals surface area contributed by atoms with Crippen LogP contribution in [0.15, 0.2) is 84.0 Å². The monoisotopic (exact) mass is 532 g/mol. The fraction of sp³-hybridized carbons (Fsp3) is 0.0833. The van der Waals surface area contributed by atoms with Gasteiger partial charge in [0.2, 0.25) is 5.95 Å². The number of ether oxygens (including phenoxy) is 1. The standard InChI is InChI=1S/C24H17Cl2F3N6O/c25-17-12-11-16(20(26)13-17)14-30-34-21-31-22(33-23(32-21)36-15-24(27,28)29)35(18-7-3-1-4-8-18)19-9-5-2-6-10-19/h1-14H,15H2,(H,31,32,33,34)/b30-14-. The predicted octanol–water partition coefficient (Wildman–Crippen LogP) is 7.04. The van der Waals surface area contributed by atoms with E-state index >= 15 is 0 Å². The summed E-state index contributed by atoms with van der Waals surface area (Å²) in [5.41, 5.74) is 4.48.